The number of pyridine rings is 1. The van der Waals surface area contributed by atoms with E-state index in [0.29, 0.717) is 23.6 Å². The summed E-state index contributed by atoms with van der Waals surface area (Å²) in [5.74, 6) is 0.686. The maximum atomic E-state index is 13.0. The number of thiophene rings is 1. The van der Waals surface area contributed by atoms with Gasteiger partial charge in [-0.3, -0.25) is 4.79 Å². The van der Waals surface area contributed by atoms with Crippen LogP contribution in [-0.2, 0) is 11.2 Å². The number of benzene rings is 1. The number of ether oxygens (including phenoxy) is 2. The second-order valence-corrected chi connectivity index (χ2v) is 10.6. The highest BCUT2D eigenvalue weighted by Gasteiger charge is 2.48. The van der Waals surface area contributed by atoms with E-state index >= 15 is 0 Å². The summed E-state index contributed by atoms with van der Waals surface area (Å²) in [5.41, 5.74) is 16.1. The van der Waals surface area contributed by atoms with E-state index in [9.17, 15) is 4.79 Å². The Kier molecular flexibility index (Phi) is 5.16. The number of nitrogen functional groups attached to an aromatic ring is 1. The van der Waals surface area contributed by atoms with Crippen molar-refractivity contribution >= 4 is 38.8 Å². The first-order chi connectivity index (χ1) is 16.4. The van der Waals surface area contributed by atoms with Crippen molar-refractivity contribution in [2.45, 2.75) is 43.9 Å². The minimum absolute atomic E-state index is 0.0204. The number of nitrogens with zero attached hydrogens (tertiary/aromatic N) is 2. The van der Waals surface area contributed by atoms with Crippen molar-refractivity contribution in [2.24, 2.45) is 5.73 Å². The summed E-state index contributed by atoms with van der Waals surface area (Å²) >= 11 is 1.33. The summed E-state index contributed by atoms with van der Waals surface area (Å²) in [6, 6.07) is 10.0. The van der Waals surface area contributed by atoms with Crippen LogP contribution in [0.3, 0.4) is 0 Å². The number of nitrogens with one attached hydrogen (secondary N) is 1. The van der Waals surface area contributed by atoms with Crippen molar-refractivity contribution in [3.05, 3.63) is 46.5 Å². The zero-order valence-corrected chi connectivity index (χ0v) is 20.0. The van der Waals surface area contributed by atoms with Crippen LogP contribution in [0, 0.1) is 6.92 Å². The summed E-state index contributed by atoms with van der Waals surface area (Å²) < 4.78 is 12.1. The maximum absolute atomic E-state index is 13.0. The van der Waals surface area contributed by atoms with Crippen LogP contribution in [0.2, 0.25) is 0 Å². The third-order valence-corrected chi connectivity index (χ3v) is 8.40. The monoisotopic (exact) mass is 479 g/mol. The largest absolute Gasteiger partial charge is 0.491 e. The lowest BCUT2D eigenvalue weighted by Crippen LogP contribution is -2.46. The number of rotatable bonds is 3. The van der Waals surface area contributed by atoms with Crippen molar-refractivity contribution in [3.8, 4) is 5.75 Å². The molecule has 8 nitrogen and oxygen atoms in total. The van der Waals surface area contributed by atoms with Gasteiger partial charge in [0.15, 0.2) is 0 Å². The lowest BCUT2D eigenvalue weighted by molar-refractivity contribution is 0.0108. The SMILES string of the molecule is Cc1ccc2c(N)c(C(=O)N[C@H]3COc4cc(N5C[C@@H](N)[C@]6(CCCO6)C5)ccc4C3)sc2n1. The first-order valence-corrected chi connectivity index (χ1v) is 12.6. The van der Waals surface area contributed by atoms with Gasteiger partial charge < -0.3 is 31.2 Å². The fraction of sp³-hybridized carbons (Fsp3) is 0.440. The molecule has 2 fully saturated rings. The molecule has 5 heterocycles. The molecule has 0 unspecified atom stereocenters. The van der Waals surface area contributed by atoms with Crippen LogP contribution < -0.4 is 26.4 Å². The van der Waals surface area contributed by atoms with Gasteiger partial charge in [0, 0.05) is 42.5 Å². The van der Waals surface area contributed by atoms with Gasteiger partial charge in [-0.05, 0) is 49.9 Å². The Morgan fingerprint density at radius 3 is 3.03 bits per heavy atom. The molecular formula is C25H29N5O3S. The van der Waals surface area contributed by atoms with E-state index in [2.05, 4.69) is 33.4 Å². The molecule has 6 rings (SSSR count). The van der Waals surface area contributed by atoms with Crippen molar-refractivity contribution in [1.29, 1.82) is 0 Å². The van der Waals surface area contributed by atoms with E-state index in [0.717, 1.165) is 65.4 Å². The quantitative estimate of drug-likeness (QED) is 0.529. The molecule has 5 N–H and O–H groups in total. The van der Waals surface area contributed by atoms with Gasteiger partial charge in [-0.25, -0.2) is 4.98 Å². The van der Waals surface area contributed by atoms with Crippen molar-refractivity contribution in [3.63, 3.8) is 0 Å². The highest BCUT2D eigenvalue weighted by Crippen LogP contribution is 2.38. The molecule has 9 heteroatoms. The fourth-order valence-electron chi connectivity index (χ4n) is 5.40. The van der Waals surface area contributed by atoms with Gasteiger partial charge >= 0.3 is 0 Å². The van der Waals surface area contributed by atoms with E-state index in [4.69, 9.17) is 20.9 Å². The molecular weight excluding hydrogens is 450 g/mol. The molecule has 3 atom stereocenters. The Hall–Kier alpha value is -2.88. The third-order valence-electron chi connectivity index (χ3n) is 7.28. The van der Waals surface area contributed by atoms with Crippen LogP contribution in [0.25, 0.3) is 10.2 Å². The highest BCUT2D eigenvalue weighted by atomic mass is 32.1. The topological polar surface area (TPSA) is 116 Å². The molecule has 0 radical (unpaired) electrons. The fourth-order valence-corrected chi connectivity index (χ4v) is 6.44. The summed E-state index contributed by atoms with van der Waals surface area (Å²) in [7, 11) is 0. The average Bonchev–Trinajstić information content (AvgIpc) is 3.52. The summed E-state index contributed by atoms with van der Waals surface area (Å²) in [4.78, 5) is 21.1. The van der Waals surface area contributed by atoms with Gasteiger partial charge in [0.05, 0.1) is 17.8 Å². The van der Waals surface area contributed by atoms with Gasteiger partial charge in [0.1, 0.15) is 27.7 Å². The maximum Gasteiger partial charge on any atom is 0.263 e. The molecule has 2 aromatic heterocycles. The van der Waals surface area contributed by atoms with Gasteiger partial charge in [-0.2, -0.15) is 0 Å². The second kappa shape index (κ2) is 8.11. The van der Waals surface area contributed by atoms with Crippen LogP contribution >= 0.6 is 11.3 Å². The second-order valence-electron chi connectivity index (χ2n) is 9.63. The van der Waals surface area contributed by atoms with Crippen molar-refractivity contribution in [2.75, 3.05) is 36.9 Å². The number of fused-ring (bicyclic) bond motifs is 2. The van der Waals surface area contributed by atoms with Crippen LogP contribution in [0.4, 0.5) is 11.4 Å². The van der Waals surface area contributed by atoms with Crippen molar-refractivity contribution in [1.82, 2.24) is 10.3 Å². The summed E-state index contributed by atoms with van der Waals surface area (Å²) in [5, 5.41) is 3.92. The van der Waals surface area contributed by atoms with Gasteiger partial charge in [0.25, 0.3) is 5.91 Å². The number of hydrogen-bond acceptors (Lipinski definition) is 8. The minimum atomic E-state index is -0.213. The van der Waals surface area contributed by atoms with E-state index in [1.807, 2.05) is 19.1 Å². The summed E-state index contributed by atoms with van der Waals surface area (Å²) in [6.07, 6.45) is 2.80. The molecule has 34 heavy (non-hydrogen) atoms. The van der Waals surface area contributed by atoms with Crippen LogP contribution in [0.15, 0.2) is 30.3 Å². The van der Waals surface area contributed by atoms with E-state index in [1.54, 1.807) is 0 Å². The van der Waals surface area contributed by atoms with E-state index < -0.39 is 0 Å². The molecule has 0 aliphatic carbocycles. The predicted octanol–water partition coefficient (Wildman–Crippen LogP) is 2.62. The number of aryl methyl sites for hydroxylation is 1. The third kappa shape index (κ3) is 3.59. The van der Waals surface area contributed by atoms with Gasteiger partial charge in [-0.1, -0.05) is 6.07 Å². The Bertz CT molecular complexity index is 1270. The normalized spacial score (nSPS) is 26.1. The molecule has 3 aromatic rings. The number of hydrogen-bond donors (Lipinski definition) is 3. The first-order valence-electron chi connectivity index (χ1n) is 11.8. The molecule has 2 saturated heterocycles. The average molecular weight is 480 g/mol. The molecule has 1 amide bonds. The zero-order chi connectivity index (χ0) is 23.4. The highest BCUT2D eigenvalue weighted by molar-refractivity contribution is 7.21. The standard InChI is InChI=1S/C25H29N5O3S/c1-14-3-6-18-21(27)22(34-24(18)28-14)23(31)29-16-9-15-4-5-17(10-19(15)32-12-16)30-11-20(26)25(13-30)7-2-8-33-25/h3-6,10,16,20H,2,7-9,11-13,26-27H2,1H3,(H,29,31)/t16-,20-,25+/m1/s1. The van der Waals surface area contributed by atoms with Crippen LogP contribution in [-0.4, -0.2) is 54.9 Å². The number of anilines is 2. The Labute approximate surface area is 202 Å². The molecule has 1 spiro atoms. The molecule has 178 valence electrons. The predicted molar refractivity (Wildman–Crippen MR) is 134 cm³/mol. The number of amides is 1. The van der Waals surface area contributed by atoms with Gasteiger partial charge in [0.2, 0.25) is 0 Å². The minimum Gasteiger partial charge on any atom is -0.491 e. The lowest BCUT2D eigenvalue weighted by Gasteiger charge is -2.28. The molecule has 0 bridgehead atoms. The zero-order valence-electron chi connectivity index (χ0n) is 19.2. The Balaban J connectivity index is 1.15. The van der Waals surface area contributed by atoms with Crippen molar-refractivity contribution < 1.29 is 14.3 Å². The van der Waals surface area contributed by atoms with E-state index in [1.165, 1.54) is 11.3 Å². The molecule has 0 saturated carbocycles. The Morgan fingerprint density at radius 1 is 1.32 bits per heavy atom. The van der Waals surface area contributed by atoms with Gasteiger partial charge in [-0.15, -0.1) is 11.3 Å². The molecule has 1 aromatic carbocycles. The number of carbonyl (C=O) groups is 1. The number of aromatic nitrogens is 1. The smallest absolute Gasteiger partial charge is 0.263 e. The number of nitrogens with two attached hydrogens (primary N) is 2. The molecule has 3 aliphatic heterocycles. The first kappa shape index (κ1) is 21.6. The molecule has 3 aliphatic rings. The van der Waals surface area contributed by atoms with Crippen LogP contribution in [0.1, 0.15) is 33.8 Å². The number of carbonyl (C=O) groups excluding carboxylic acids is 1. The van der Waals surface area contributed by atoms with E-state index in [-0.39, 0.29) is 23.6 Å². The summed E-state index contributed by atoms with van der Waals surface area (Å²) in [6.45, 7) is 4.73. The lowest BCUT2D eigenvalue weighted by atomic mass is 9.95. The van der Waals surface area contributed by atoms with Crippen LogP contribution in [0.5, 0.6) is 5.75 Å². The Morgan fingerprint density at radius 2 is 2.21 bits per heavy atom.